The molecule has 0 atom stereocenters. The number of hydrogen-bond donors (Lipinski definition) is 1. The van der Waals surface area contributed by atoms with Gasteiger partial charge in [0.1, 0.15) is 23.0 Å². The molecule has 1 saturated heterocycles. The minimum atomic E-state index is -1.22. The van der Waals surface area contributed by atoms with E-state index in [0.29, 0.717) is 43.5 Å². The summed E-state index contributed by atoms with van der Waals surface area (Å²) in [7, 11) is 4.29. The summed E-state index contributed by atoms with van der Waals surface area (Å²) in [6.45, 7) is 1.61. The molecular formula is C28H27F4N5O3. The van der Waals surface area contributed by atoms with Crippen molar-refractivity contribution in [3.63, 3.8) is 0 Å². The fraction of sp³-hybridized carbons (Fsp3) is 0.321. The molecule has 1 aliphatic rings. The number of methoxy groups -OCH3 is 1. The van der Waals surface area contributed by atoms with E-state index < -0.39 is 40.5 Å². The molecule has 0 aliphatic carbocycles. The number of anilines is 1. The molecule has 0 unspecified atom stereocenters. The van der Waals surface area contributed by atoms with Crippen LogP contribution in [0.25, 0.3) is 16.7 Å². The summed E-state index contributed by atoms with van der Waals surface area (Å²) in [4.78, 5) is 30.9. The van der Waals surface area contributed by atoms with E-state index in [4.69, 9.17) is 0 Å². The molecule has 0 bridgehead atoms. The molecule has 3 aromatic heterocycles. The number of nitrogens with one attached hydrogen (secondary N) is 1. The molecule has 1 aromatic carbocycles. The maximum Gasteiger partial charge on any atom is 0.338 e. The lowest BCUT2D eigenvalue weighted by atomic mass is 9.88. The number of nitrogens with zero attached hydrogens (tertiary/aromatic N) is 4. The number of fused-ring (bicyclic) bond motifs is 1. The molecule has 210 valence electrons. The van der Waals surface area contributed by atoms with Gasteiger partial charge >= 0.3 is 5.97 Å². The Hall–Kier alpha value is -4.19. The lowest BCUT2D eigenvalue weighted by molar-refractivity contribution is 0.0599. The van der Waals surface area contributed by atoms with Gasteiger partial charge in [-0.3, -0.25) is 14.3 Å². The summed E-state index contributed by atoms with van der Waals surface area (Å²) in [6.07, 6.45) is 3.42. The van der Waals surface area contributed by atoms with Gasteiger partial charge in [0.25, 0.3) is 5.56 Å². The normalized spacial score (nSPS) is 14.6. The first kappa shape index (κ1) is 27.4. The number of benzene rings is 1. The van der Waals surface area contributed by atoms with Crippen molar-refractivity contribution in [1.29, 1.82) is 0 Å². The van der Waals surface area contributed by atoms with Gasteiger partial charge in [0, 0.05) is 43.5 Å². The van der Waals surface area contributed by atoms with Crippen LogP contribution in [0.5, 0.6) is 0 Å². The molecule has 1 fully saturated rings. The van der Waals surface area contributed by atoms with Crippen molar-refractivity contribution in [3.8, 4) is 5.69 Å². The van der Waals surface area contributed by atoms with E-state index in [1.807, 2.05) is 17.7 Å². The maximum absolute atomic E-state index is 14.8. The first-order valence-corrected chi connectivity index (χ1v) is 12.7. The quantitative estimate of drug-likeness (QED) is 0.278. The molecule has 4 aromatic rings. The molecule has 0 radical (unpaired) electrons. The highest BCUT2D eigenvalue weighted by Crippen LogP contribution is 2.34. The Bertz CT molecular complexity index is 1650. The van der Waals surface area contributed by atoms with E-state index >= 15 is 0 Å². The van der Waals surface area contributed by atoms with E-state index in [1.54, 1.807) is 0 Å². The van der Waals surface area contributed by atoms with Gasteiger partial charge < -0.3 is 14.6 Å². The van der Waals surface area contributed by atoms with E-state index in [-0.39, 0.29) is 22.7 Å². The Morgan fingerprint density at radius 1 is 1.10 bits per heavy atom. The van der Waals surface area contributed by atoms with Crippen molar-refractivity contribution in [2.75, 3.05) is 32.6 Å². The molecule has 0 spiro atoms. The van der Waals surface area contributed by atoms with Crippen molar-refractivity contribution < 1.29 is 27.1 Å². The highest BCUT2D eigenvalue weighted by atomic mass is 19.1. The van der Waals surface area contributed by atoms with Crippen LogP contribution in [0.2, 0.25) is 0 Å². The largest absolute Gasteiger partial charge is 0.465 e. The van der Waals surface area contributed by atoms with Gasteiger partial charge in [-0.05, 0) is 56.1 Å². The molecule has 40 heavy (non-hydrogen) atoms. The van der Waals surface area contributed by atoms with Crippen LogP contribution in [0, 0.1) is 23.3 Å². The lowest BCUT2D eigenvalue weighted by Crippen LogP contribution is -2.33. The Morgan fingerprint density at radius 3 is 2.40 bits per heavy atom. The number of pyridine rings is 2. The van der Waals surface area contributed by atoms with Crippen molar-refractivity contribution in [2.45, 2.75) is 25.3 Å². The van der Waals surface area contributed by atoms with Crippen LogP contribution < -0.4 is 10.9 Å². The highest BCUT2D eigenvalue weighted by molar-refractivity contribution is 5.89. The third kappa shape index (κ3) is 4.72. The molecule has 0 amide bonds. The standard InChI is InChI=1S/C28H27F4N5O3/c1-33-25-21(31)14-37(27(38)24(25)32)22-4-7-34-26-18(22)12-17(35(26)2)13-36-8-5-15(6-9-36)23-19(29)10-16(11-20(23)30)28(39)40-3/h4,7,10-12,14-15,33H,5-6,8-9,13H2,1-3H3. The minimum Gasteiger partial charge on any atom is -0.465 e. The number of ether oxygens (including phenoxy) is 1. The van der Waals surface area contributed by atoms with Crippen molar-refractivity contribution in [2.24, 2.45) is 7.05 Å². The summed E-state index contributed by atoms with van der Waals surface area (Å²) < 4.78 is 65.9. The number of aryl methyl sites for hydroxylation is 1. The van der Waals surface area contributed by atoms with E-state index in [0.717, 1.165) is 35.7 Å². The second-order valence-electron chi connectivity index (χ2n) is 9.75. The van der Waals surface area contributed by atoms with Gasteiger partial charge in [-0.15, -0.1) is 0 Å². The number of esters is 1. The Morgan fingerprint density at radius 2 is 1.77 bits per heavy atom. The van der Waals surface area contributed by atoms with Gasteiger partial charge in [-0.25, -0.2) is 22.9 Å². The van der Waals surface area contributed by atoms with Crippen molar-refractivity contribution in [1.82, 2.24) is 19.0 Å². The van der Waals surface area contributed by atoms with Gasteiger partial charge in [0.15, 0.2) is 5.82 Å². The van der Waals surface area contributed by atoms with Crippen LogP contribution in [0.4, 0.5) is 23.2 Å². The van der Waals surface area contributed by atoms with E-state index in [1.165, 1.54) is 19.3 Å². The number of aromatic nitrogens is 3. The predicted molar refractivity (Wildman–Crippen MR) is 141 cm³/mol. The Balaban J connectivity index is 1.38. The third-order valence-electron chi connectivity index (χ3n) is 7.50. The number of carbonyl (C=O) groups is 1. The molecule has 1 N–H and O–H groups in total. The fourth-order valence-electron chi connectivity index (χ4n) is 5.40. The summed E-state index contributed by atoms with van der Waals surface area (Å²) in [6, 6.07) is 5.35. The number of likely N-dealkylation sites (tertiary alicyclic amines) is 1. The van der Waals surface area contributed by atoms with Crippen LogP contribution >= 0.6 is 0 Å². The average molecular weight is 558 g/mol. The zero-order chi connectivity index (χ0) is 28.7. The molecule has 4 heterocycles. The van der Waals surface area contributed by atoms with Crippen molar-refractivity contribution >= 4 is 22.7 Å². The zero-order valence-corrected chi connectivity index (χ0v) is 22.1. The second-order valence-corrected chi connectivity index (χ2v) is 9.75. The predicted octanol–water partition coefficient (Wildman–Crippen LogP) is 4.49. The van der Waals surface area contributed by atoms with Crippen molar-refractivity contribution in [3.05, 3.63) is 87.1 Å². The van der Waals surface area contributed by atoms with Gasteiger partial charge in [-0.2, -0.15) is 4.39 Å². The van der Waals surface area contributed by atoms with Gasteiger partial charge in [-0.1, -0.05) is 0 Å². The number of piperidine rings is 1. The van der Waals surface area contributed by atoms with E-state index in [2.05, 4.69) is 19.9 Å². The van der Waals surface area contributed by atoms with Gasteiger partial charge in [0.05, 0.1) is 24.6 Å². The molecule has 1 aliphatic heterocycles. The lowest BCUT2D eigenvalue weighted by Gasteiger charge is -2.32. The summed E-state index contributed by atoms with van der Waals surface area (Å²) >= 11 is 0. The molecule has 0 saturated carbocycles. The zero-order valence-electron chi connectivity index (χ0n) is 22.1. The molecule has 8 nitrogen and oxygen atoms in total. The van der Waals surface area contributed by atoms with E-state index in [9.17, 15) is 27.2 Å². The summed E-state index contributed by atoms with van der Waals surface area (Å²) in [5, 5.41) is 2.91. The Labute approximate surface area is 226 Å². The van der Waals surface area contributed by atoms with Crippen LogP contribution in [0.15, 0.2) is 41.5 Å². The summed E-state index contributed by atoms with van der Waals surface area (Å²) in [5.74, 6) is -4.81. The van der Waals surface area contributed by atoms with Crippen LogP contribution in [0.1, 0.15) is 40.4 Å². The topological polar surface area (TPSA) is 81.4 Å². The second kappa shape index (κ2) is 10.8. The first-order chi connectivity index (χ1) is 19.1. The minimum absolute atomic E-state index is 0.0278. The molecule has 5 rings (SSSR count). The fourth-order valence-corrected chi connectivity index (χ4v) is 5.40. The van der Waals surface area contributed by atoms with Crippen LogP contribution in [0.3, 0.4) is 0 Å². The Kier molecular flexibility index (Phi) is 7.37. The SMILES string of the molecule is CNc1c(F)cn(-c2ccnc3c2cc(CN2CCC(c4c(F)cc(C(=O)OC)cc4F)CC2)n3C)c(=O)c1F. The smallest absolute Gasteiger partial charge is 0.338 e. The van der Waals surface area contributed by atoms with Crippen LogP contribution in [-0.4, -0.2) is 52.2 Å². The molecular weight excluding hydrogens is 530 g/mol. The third-order valence-corrected chi connectivity index (χ3v) is 7.50. The number of rotatable bonds is 6. The number of hydrogen-bond acceptors (Lipinski definition) is 6. The monoisotopic (exact) mass is 557 g/mol. The number of carbonyl (C=O) groups excluding carboxylic acids is 1. The van der Waals surface area contributed by atoms with Gasteiger partial charge in [0.2, 0.25) is 5.82 Å². The maximum atomic E-state index is 14.8. The average Bonchev–Trinajstić information content (AvgIpc) is 3.26. The highest BCUT2D eigenvalue weighted by Gasteiger charge is 2.28. The van der Waals surface area contributed by atoms with Crippen LogP contribution in [-0.2, 0) is 18.3 Å². The number of halogens is 4. The first-order valence-electron chi connectivity index (χ1n) is 12.7. The molecule has 12 heteroatoms. The summed E-state index contributed by atoms with van der Waals surface area (Å²) in [5.41, 5.74) is -0.0326.